The Labute approximate surface area is 138 Å². The zero-order valence-electron chi connectivity index (χ0n) is 13.4. The molecule has 9 heteroatoms. The van der Waals surface area contributed by atoms with Crippen molar-refractivity contribution in [3.63, 3.8) is 0 Å². The number of ether oxygens (including phenoxy) is 1. The molecule has 1 aliphatic rings. The van der Waals surface area contributed by atoms with Crippen molar-refractivity contribution in [2.45, 2.75) is 39.2 Å². The average Bonchev–Trinajstić information content (AvgIpc) is 3.23. The summed E-state index contributed by atoms with van der Waals surface area (Å²) in [5.41, 5.74) is 0.721. The number of carbonyl (C=O) groups excluding carboxylic acids is 1. The summed E-state index contributed by atoms with van der Waals surface area (Å²) in [6, 6.07) is -0.372. The zero-order chi connectivity index (χ0) is 16.4. The van der Waals surface area contributed by atoms with Gasteiger partial charge in [-0.05, 0) is 18.0 Å². The fraction of sp³-hybridized carbons (Fsp3) is 0.643. The van der Waals surface area contributed by atoms with Gasteiger partial charge in [0.05, 0.1) is 18.9 Å². The van der Waals surface area contributed by atoms with E-state index < -0.39 is 0 Å². The highest BCUT2D eigenvalue weighted by atomic mass is 32.1. The van der Waals surface area contributed by atoms with Crippen LogP contribution in [0.1, 0.15) is 59.9 Å². The van der Waals surface area contributed by atoms with Crippen LogP contribution in [0, 0.1) is 0 Å². The van der Waals surface area contributed by atoms with Crippen LogP contribution in [-0.2, 0) is 11.2 Å². The van der Waals surface area contributed by atoms with Gasteiger partial charge >= 0.3 is 0 Å². The molecule has 2 aromatic heterocycles. The molecule has 124 valence electrons. The van der Waals surface area contributed by atoms with Gasteiger partial charge < -0.3 is 14.1 Å². The molecule has 0 N–H and O–H groups in total. The quantitative estimate of drug-likeness (QED) is 0.840. The topological polar surface area (TPSA) is 94.2 Å². The Bertz CT molecular complexity index is 684. The van der Waals surface area contributed by atoms with Crippen molar-refractivity contribution >= 4 is 17.4 Å². The Hall–Kier alpha value is -1.87. The molecule has 8 nitrogen and oxygen atoms in total. The van der Waals surface area contributed by atoms with Crippen LogP contribution in [0.2, 0.25) is 0 Å². The average molecular weight is 337 g/mol. The normalized spacial score (nSPS) is 18.6. The van der Waals surface area contributed by atoms with Crippen LogP contribution in [0.3, 0.4) is 0 Å². The van der Waals surface area contributed by atoms with Crippen LogP contribution >= 0.6 is 11.5 Å². The Morgan fingerprint density at radius 2 is 2.22 bits per heavy atom. The van der Waals surface area contributed by atoms with E-state index in [4.69, 9.17) is 9.15 Å². The largest absolute Gasteiger partial charge is 0.423 e. The number of nitrogens with zero attached hydrogens (tertiary/aromatic N) is 5. The first-order valence-corrected chi connectivity index (χ1v) is 8.42. The van der Waals surface area contributed by atoms with Crippen LogP contribution in [0.15, 0.2) is 4.42 Å². The Kier molecular flexibility index (Phi) is 4.67. The van der Waals surface area contributed by atoms with Crippen molar-refractivity contribution < 1.29 is 13.9 Å². The number of carbonyl (C=O) groups is 1. The maximum absolute atomic E-state index is 12.9. The molecule has 1 aliphatic heterocycles. The van der Waals surface area contributed by atoms with Gasteiger partial charge in [0.25, 0.3) is 5.91 Å². The molecule has 0 saturated carbocycles. The van der Waals surface area contributed by atoms with Crippen molar-refractivity contribution in [2.75, 3.05) is 19.8 Å². The van der Waals surface area contributed by atoms with E-state index in [1.165, 1.54) is 0 Å². The van der Waals surface area contributed by atoms with E-state index in [9.17, 15) is 4.79 Å². The fourth-order valence-electron chi connectivity index (χ4n) is 2.40. The van der Waals surface area contributed by atoms with Crippen molar-refractivity contribution in [1.82, 2.24) is 24.7 Å². The van der Waals surface area contributed by atoms with Crippen molar-refractivity contribution in [2.24, 2.45) is 0 Å². The summed E-state index contributed by atoms with van der Waals surface area (Å²) in [5.74, 6) is 1.01. The molecule has 3 heterocycles. The van der Waals surface area contributed by atoms with Gasteiger partial charge in [-0.25, -0.2) is 0 Å². The minimum absolute atomic E-state index is 0.102. The second kappa shape index (κ2) is 6.71. The van der Waals surface area contributed by atoms with Gasteiger partial charge in [-0.2, -0.15) is 0 Å². The first-order chi connectivity index (χ1) is 11.1. The van der Waals surface area contributed by atoms with E-state index >= 15 is 0 Å². The summed E-state index contributed by atoms with van der Waals surface area (Å²) in [6.45, 7) is 7.23. The number of rotatable bonds is 4. The van der Waals surface area contributed by atoms with E-state index in [1.54, 1.807) is 4.90 Å². The highest BCUT2D eigenvalue weighted by molar-refractivity contribution is 7.08. The number of hydrogen-bond donors (Lipinski definition) is 0. The molecule has 23 heavy (non-hydrogen) atoms. The monoisotopic (exact) mass is 337 g/mol. The third-order valence-electron chi connectivity index (χ3n) is 3.71. The summed E-state index contributed by atoms with van der Waals surface area (Å²) in [5, 5.41) is 12.2. The fourth-order valence-corrected chi connectivity index (χ4v) is 3.11. The van der Waals surface area contributed by atoms with Gasteiger partial charge in [0, 0.05) is 12.5 Å². The molecule has 0 radical (unpaired) electrons. The lowest BCUT2D eigenvalue weighted by Gasteiger charge is -2.33. The molecule has 1 saturated heterocycles. The van der Waals surface area contributed by atoms with Gasteiger partial charge in [-0.15, -0.1) is 15.3 Å². The van der Waals surface area contributed by atoms with Gasteiger partial charge in [0.1, 0.15) is 10.9 Å². The molecule has 0 aliphatic carbocycles. The van der Waals surface area contributed by atoms with Crippen LogP contribution in [0.5, 0.6) is 0 Å². The molecule has 1 unspecified atom stereocenters. The van der Waals surface area contributed by atoms with Gasteiger partial charge in [-0.3, -0.25) is 4.79 Å². The number of aryl methyl sites for hydroxylation is 1. The molecule has 3 rings (SSSR count). The first-order valence-electron chi connectivity index (χ1n) is 7.65. The van der Waals surface area contributed by atoms with E-state index in [-0.39, 0.29) is 17.9 Å². The van der Waals surface area contributed by atoms with Crippen molar-refractivity contribution in [3.05, 3.63) is 22.4 Å². The molecule has 1 atom stereocenters. The van der Waals surface area contributed by atoms with E-state index in [0.717, 1.165) is 17.2 Å². The second-order valence-corrected chi connectivity index (χ2v) is 6.38. The van der Waals surface area contributed by atoms with E-state index in [1.807, 2.05) is 20.8 Å². The molecule has 0 spiro atoms. The minimum atomic E-state index is -0.372. The lowest BCUT2D eigenvalue weighted by atomic mass is 10.2. The molecule has 0 bridgehead atoms. The lowest BCUT2D eigenvalue weighted by molar-refractivity contribution is -0.0105. The van der Waals surface area contributed by atoms with Crippen LogP contribution < -0.4 is 0 Å². The number of hydrogen-bond acceptors (Lipinski definition) is 8. The molecule has 0 aromatic carbocycles. The first kappa shape index (κ1) is 16.0. The van der Waals surface area contributed by atoms with Gasteiger partial charge in [0.2, 0.25) is 11.8 Å². The number of morpholine rings is 1. The highest BCUT2D eigenvalue weighted by Crippen LogP contribution is 2.28. The number of aromatic nitrogens is 4. The van der Waals surface area contributed by atoms with E-state index in [0.29, 0.717) is 42.8 Å². The Morgan fingerprint density at radius 3 is 2.91 bits per heavy atom. The predicted molar refractivity (Wildman–Crippen MR) is 82.3 cm³/mol. The van der Waals surface area contributed by atoms with Crippen LogP contribution in [0.4, 0.5) is 0 Å². The summed E-state index contributed by atoms with van der Waals surface area (Å²) < 4.78 is 15.1. The molecular weight excluding hydrogens is 318 g/mol. The van der Waals surface area contributed by atoms with Crippen molar-refractivity contribution in [3.8, 4) is 0 Å². The maximum atomic E-state index is 12.9. The highest BCUT2D eigenvalue weighted by Gasteiger charge is 2.35. The van der Waals surface area contributed by atoms with Gasteiger partial charge in [-0.1, -0.05) is 25.3 Å². The predicted octanol–water partition coefficient (Wildman–Crippen LogP) is 1.82. The molecular formula is C14H19N5O3S. The standard InChI is InChI=1S/C14H19N5O3S/c1-4-9-11(23-18-15-9)14(20)19-5-6-21-7-10(19)13-17-16-12(22-13)8(2)3/h8,10H,4-7H2,1-3H3. The Morgan fingerprint density at radius 1 is 1.39 bits per heavy atom. The van der Waals surface area contributed by atoms with Gasteiger partial charge in [0.15, 0.2) is 0 Å². The smallest absolute Gasteiger partial charge is 0.268 e. The summed E-state index contributed by atoms with van der Waals surface area (Å²) in [4.78, 5) is 15.2. The van der Waals surface area contributed by atoms with Crippen LogP contribution in [-0.4, -0.2) is 50.3 Å². The molecule has 2 aromatic rings. The van der Waals surface area contributed by atoms with E-state index in [2.05, 4.69) is 19.8 Å². The Balaban J connectivity index is 1.87. The molecule has 1 fully saturated rings. The third kappa shape index (κ3) is 3.11. The summed E-state index contributed by atoms with van der Waals surface area (Å²) in [6.07, 6.45) is 0.671. The van der Waals surface area contributed by atoms with Crippen LogP contribution in [0.25, 0.3) is 0 Å². The number of amides is 1. The third-order valence-corrected chi connectivity index (χ3v) is 4.47. The summed E-state index contributed by atoms with van der Waals surface area (Å²) in [7, 11) is 0. The molecule has 1 amide bonds. The van der Waals surface area contributed by atoms with Crippen molar-refractivity contribution in [1.29, 1.82) is 0 Å². The minimum Gasteiger partial charge on any atom is -0.423 e. The zero-order valence-corrected chi connectivity index (χ0v) is 14.2. The SMILES string of the molecule is CCc1nnsc1C(=O)N1CCOCC1c1nnc(C(C)C)o1. The second-order valence-electron chi connectivity index (χ2n) is 5.62. The maximum Gasteiger partial charge on any atom is 0.268 e. The lowest BCUT2D eigenvalue weighted by Crippen LogP contribution is -2.43. The summed E-state index contributed by atoms with van der Waals surface area (Å²) >= 11 is 1.12.